The summed E-state index contributed by atoms with van der Waals surface area (Å²) in [5.74, 6) is -0.648. The minimum absolute atomic E-state index is 0.0169. The van der Waals surface area contributed by atoms with Crippen LogP contribution in [0.3, 0.4) is 0 Å². The van der Waals surface area contributed by atoms with Gasteiger partial charge in [0.15, 0.2) is 5.58 Å². The van der Waals surface area contributed by atoms with Crippen LogP contribution in [-0.2, 0) is 20.9 Å². The third-order valence-electron chi connectivity index (χ3n) is 4.78. The van der Waals surface area contributed by atoms with Crippen LogP contribution in [0.2, 0.25) is 5.02 Å². The van der Waals surface area contributed by atoms with Gasteiger partial charge in [0.1, 0.15) is 5.75 Å². The van der Waals surface area contributed by atoms with E-state index in [4.69, 9.17) is 25.5 Å². The van der Waals surface area contributed by atoms with Crippen LogP contribution in [-0.4, -0.2) is 29.7 Å². The van der Waals surface area contributed by atoms with Crippen molar-refractivity contribution in [2.45, 2.75) is 45.4 Å². The van der Waals surface area contributed by atoms with Crippen molar-refractivity contribution in [3.8, 4) is 5.75 Å². The fourth-order valence-electron chi connectivity index (χ4n) is 3.30. The third-order valence-corrected chi connectivity index (χ3v) is 5.02. The first kappa shape index (κ1) is 23.4. The lowest BCUT2D eigenvalue weighted by molar-refractivity contribution is -0.148. The van der Waals surface area contributed by atoms with Crippen LogP contribution < -0.4 is 15.8 Å². The normalized spacial score (nSPS) is 12.0. The summed E-state index contributed by atoms with van der Waals surface area (Å²) in [7, 11) is 1.56. The van der Waals surface area contributed by atoms with E-state index in [1.165, 1.54) is 4.57 Å². The van der Waals surface area contributed by atoms with Gasteiger partial charge in [0.2, 0.25) is 5.91 Å². The van der Waals surface area contributed by atoms with Crippen LogP contribution in [0.15, 0.2) is 51.7 Å². The standard InChI is InChI=1S/C23H25ClN2O6/c1-14(2)31-22(28)13-18(15-4-7-17(30-3)8-5-15)25-21(27)10-11-26-19-9-6-16(24)12-20(19)32-23(26)29/h4-9,12,14,18H,10-11,13H2,1-3H3,(H,25,27)/t18-/m0/s1. The molecule has 3 aromatic rings. The lowest BCUT2D eigenvalue weighted by atomic mass is 10.0. The average Bonchev–Trinajstić information content (AvgIpc) is 3.05. The molecule has 8 nitrogen and oxygen atoms in total. The Bertz CT molecular complexity index is 1150. The average molecular weight is 461 g/mol. The molecule has 170 valence electrons. The molecule has 0 aliphatic heterocycles. The molecule has 0 radical (unpaired) electrons. The Morgan fingerprint density at radius 1 is 1.16 bits per heavy atom. The number of carbonyl (C=O) groups is 2. The van der Waals surface area contributed by atoms with Crippen LogP contribution in [0.1, 0.15) is 38.3 Å². The summed E-state index contributed by atoms with van der Waals surface area (Å²) in [4.78, 5) is 37.1. The highest BCUT2D eigenvalue weighted by molar-refractivity contribution is 6.31. The van der Waals surface area contributed by atoms with Crippen molar-refractivity contribution in [1.82, 2.24) is 9.88 Å². The molecule has 0 unspecified atom stereocenters. The minimum Gasteiger partial charge on any atom is -0.497 e. The molecule has 1 atom stereocenters. The Morgan fingerprint density at radius 2 is 1.88 bits per heavy atom. The fourth-order valence-corrected chi connectivity index (χ4v) is 3.46. The number of nitrogens with one attached hydrogen (secondary N) is 1. The molecule has 0 fully saturated rings. The predicted molar refractivity (Wildman–Crippen MR) is 120 cm³/mol. The number of hydrogen-bond donors (Lipinski definition) is 1. The molecule has 0 saturated heterocycles. The number of hydrogen-bond acceptors (Lipinski definition) is 6. The van der Waals surface area contributed by atoms with Gasteiger partial charge in [-0.15, -0.1) is 0 Å². The van der Waals surface area contributed by atoms with Crippen LogP contribution in [0, 0.1) is 0 Å². The van der Waals surface area contributed by atoms with Gasteiger partial charge >= 0.3 is 11.7 Å². The van der Waals surface area contributed by atoms with Gasteiger partial charge in [-0.3, -0.25) is 14.2 Å². The zero-order valence-corrected chi connectivity index (χ0v) is 18.8. The first-order valence-corrected chi connectivity index (χ1v) is 10.6. The summed E-state index contributed by atoms with van der Waals surface area (Å²) in [6.45, 7) is 3.64. The summed E-state index contributed by atoms with van der Waals surface area (Å²) >= 11 is 5.93. The Morgan fingerprint density at radius 3 is 2.53 bits per heavy atom. The van der Waals surface area contributed by atoms with E-state index in [0.717, 1.165) is 5.56 Å². The smallest absolute Gasteiger partial charge is 0.419 e. The molecule has 0 spiro atoms. The van der Waals surface area contributed by atoms with Gasteiger partial charge in [-0.1, -0.05) is 23.7 Å². The van der Waals surface area contributed by atoms with E-state index in [2.05, 4.69) is 5.32 Å². The van der Waals surface area contributed by atoms with E-state index in [1.54, 1.807) is 63.4 Å². The molecule has 9 heteroatoms. The van der Waals surface area contributed by atoms with Crippen LogP contribution in [0.4, 0.5) is 0 Å². The van der Waals surface area contributed by atoms with Gasteiger partial charge in [0.05, 0.1) is 31.2 Å². The molecule has 1 N–H and O–H groups in total. The molecule has 0 aliphatic carbocycles. The first-order chi connectivity index (χ1) is 15.3. The number of benzene rings is 2. The number of oxazole rings is 1. The number of aryl methyl sites for hydroxylation is 1. The van der Waals surface area contributed by atoms with E-state index in [0.29, 0.717) is 21.9 Å². The number of methoxy groups -OCH3 is 1. The van der Waals surface area contributed by atoms with Crippen LogP contribution >= 0.6 is 11.6 Å². The van der Waals surface area contributed by atoms with Crippen molar-refractivity contribution in [3.63, 3.8) is 0 Å². The molecule has 0 saturated carbocycles. The summed E-state index contributed by atoms with van der Waals surface area (Å²) in [5, 5.41) is 3.32. The van der Waals surface area contributed by atoms with E-state index in [-0.39, 0.29) is 31.4 Å². The number of ether oxygens (including phenoxy) is 2. The van der Waals surface area contributed by atoms with E-state index in [1.807, 2.05) is 0 Å². The summed E-state index contributed by atoms with van der Waals surface area (Å²) in [6, 6.07) is 11.4. The molecule has 1 amide bonds. The monoisotopic (exact) mass is 460 g/mol. The van der Waals surface area contributed by atoms with Crippen LogP contribution in [0.5, 0.6) is 5.75 Å². The highest BCUT2D eigenvalue weighted by atomic mass is 35.5. The van der Waals surface area contributed by atoms with Gasteiger partial charge in [-0.25, -0.2) is 4.79 Å². The molecule has 32 heavy (non-hydrogen) atoms. The lowest BCUT2D eigenvalue weighted by Gasteiger charge is -2.20. The zero-order valence-electron chi connectivity index (χ0n) is 18.1. The zero-order chi connectivity index (χ0) is 23.3. The van der Waals surface area contributed by atoms with Crippen molar-refractivity contribution >= 4 is 34.6 Å². The maximum absolute atomic E-state index is 12.7. The van der Waals surface area contributed by atoms with Crippen molar-refractivity contribution < 1.29 is 23.5 Å². The molecular formula is C23H25ClN2O6. The molecular weight excluding hydrogens is 436 g/mol. The SMILES string of the molecule is COc1ccc([C@H](CC(=O)OC(C)C)NC(=O)CCn2c(=O)oc3cc(Cl)ccc32)cc1. The maximum atomic E-state index is 12.7. The quantitative estimate of drug-likeness (QED) is 0.487. The number of carbonyl (C=O) groups excluding carboxylic acids is 2. The van der Waals surface area contributed by atoms with E-state index < -0.39 is 17.8 Å². The molecule has 1 aromatic heterocycles. The van der Waals surface area contributed by atoms with Gasteiger partial charge < -0.3 is 19.2 Å². The number of esters is 1. The van der Waals surface area contributed by atoms with Crippen molar-refractivity contribution in [3.05, 3.63) is 63.6 Å². The number of halogens is 1. The van der Waals surface area contributed by atoms with Crippen LogP contribution in [0.25, 0.3) is 11.1 Å². The van der Waals surface area contributed by atoms with E-state index >= 15 is 0 Å². The maximum Gasteiger partial charge on any atom is 0.419 e. The summed E-state index contributed by atoms with van der Waals surface area (Å²) in [6.07, 6.45) is -0.267. The molecule has 2 aromatic carbocycles. The van der Waals surface area contributed by atoms with Gasteiger partial charge in [-0.2, -0.15) is 0 Å². The second kappa shape index (κ2) is 10.4. The van der Waals surface area contributed by atoms with Gasteiger partial charge in [0.25, 0.3) is 0 Å². The third kappa shape index (κ3) is 5.91. The number of amides is 1. The van der Waals surface area contributed by atoms with Crippen molar-refractivity contribution in [2.75, 3.05) is 7.11 Å². The Balaban J connectivity index is 1.72. The lowest BCUT2D eigenvalue weighted by Crippen LogP contribution is -2.32. The second-order valence-corrected chi connectivity index (χ2v) is 7.95. The molecule has 1 heterocycles. The topological polar surface area (TPSA) is 99.8 Å². The fraction of sp³-hybridized carbons (Fsp3) is 0.348. The summed E-state index contributed by atoms with van der Waals surface area (Å²) in [5.41, 5.74) is 1.65. The number of rotatable bonds is 9. The number of nitrogens with zero attached hydrogens (tertiary/aromatic N) is 1. The van der Waals surface area contributed by atoms with Gasteiger partial charge in [-0.05, 0) is 43.7 Å². The molecule has 3 rings (SSSR count). The molecule has 0 bridgehead atoms. The Hall–Kier alpha value is -3.26. The number of aromatic nitrogens is 1. The van der Waals surface area contributed by atoms with Gasteiger partial charge in [0, 0.05) is 24.1 Å². The minimum atomic E-state index is -0.587. The largest absolute Gasteiger partial charge is 0.497 e. The van der Waals surface area contributed by atoms with Crippen molar-refractivity contribution in [1.29, 1.82) is 0 Å². The molecule has 0 aliphatic rings. The highest BCUT2D eigenvalue weighted by Gasteiger charge is 2.21. The number of fused-ring (bicyclic) bond motifs is 1. The first-order valence-electron chi connectivity index (χ1n) is 10.2. The van der Waals surface area contributed by atoms with E-state index in [9.17, 15) is 14.4 Å². The summed E-state index contributed by atoms with van der Waals surface area (Å²) < 4.78 is 17.0. The Labute approximate surface area is 190 Å². The second-order valence-electron chi connectivity index (χ2n) is 7.52. The highest BCUT2D eigenvalue weighted by Crippen LogP contribution is 2.22. The predicted octanol–water partition coefficient (Wildman–Crippen LogP) is 3.85. The van der Waals surface area contributed by atoms with Crippen molar-refractivity contribution in [2.24, 2.45) is 0 Å². The Kier molecular flexibility index (Phi) is 7.58.